The third-order valence-electron chi connectivity index (χ3n) is 4.43. The molecule has 0 N–H and O–H groups in total. The zero-order valence-corrected chi connectivity index (χ0v) is 14.6. The molecule has 0 aromatic heterocycles. The predicted octanol–water partition coefficient (Wildman–Crippen LogP) is 5.39. The first-order valence-electron chi connectivity index (χ1n) is 8.61. The van der Waals surface area contributed by atoms with Gasteiger partial charge in [-0.05, 0) is 36.4 Å². The number of hydrogen-bond acceptors (Lipinski definition) is 2. The summed E-state index contributed by atoms with van der Waals surface area (Å²) in [6.07, 6.45) is 1.20. The maximum atomic E-state index is 11.6. The van der Waals surface area contributed by atoms with Crippen molar-refractivity contribution in [2.45, 2.75) is 0 Å². The molecule has 0 bridgehead atoms. The van der Waals surface area contributed by atoms with Gasteiger partial charge < -0.3 is 4.74 Å². The number of carbonyl (C=O) groups excluding carboxylic acids is 1. The fourth-order valence-electron chi connectivity index (χ4n) is 3.22. The highest BCUT2D eigenvalue weighted by Gasteiger charge is 2.36. The first-order chi connectivity index (χ1) is 12.8. The topological polar surface area (TPSA) is 26.3 Å². The molecule has 3 aromatic carbocycles. The minimum atomic E-state index is -0.405. The van der Waals surface area contributed by atoms with Gasteiger partial charge in [0.25, 0.3) is 0 Å². The zero-order chi connectivity index (χ0) is 18.2. The minimum Gasteiger partial charge on any atom is -0.456 e. The molecule has 3 aromatic rings. The lowest BCUT2D eigenvalue weighted by Crippen LogP contribution is -2.42. The van der Waals surface area contributed by atoms with Crippen LogP contribution in [0.2, 0.25) is 0 Å². The van der Waals surface area contributed by atoms with Gasteiger partial charge in [-0.15, -0.1) is 0 Å². The first kappa shape index (κ1) is 17.6. The standard InChI is InChI=1S/C23H22NO2/c1-2-23(25)26-19-18-24(20-12-6-3-7-13-20,21-14-8-4-9-15-21)22-16-10-5-11-17-22/h2-17H,1,18-19H2/q+1. The van der Waals surface area contributed by atoms with Gasteiger partial charge in [0, 0.05) is 6.08 Å². The van der Waals surface area contributed by atoms with Gasteiger partial charge in [0.2, 0.25) is 0 Å². The van der Waals surface area contributed by atoms with Crippen molar-refractivity contribution in [3.05, 3.63) is 104 Å². The van der Waals surface area contributed by atoms with Crippen LogP contribution in [0.3, 0.4) is 0 Å². The molecule has 3 rings (SSSR count). The minimum absolute atomic E-state index is 0.281. The van der Waals surface area contributed by atoms with E-state index in [-0.39, 0.29) is 6.61 Å². The fraction of sp³-hybridized carbons (Fsp3) is 0.0870. The van der Waals surface area contributed by atoms with E-state index in [0.29, 0.717) is 11.0 Å². The number of nitrogens with zero attached hydrogens (tertiary/aromatic N) is 1. The third kappa shape index (κ3) is 3.58. The van der Waals surface area contributed by atoms with Gasteiger partial charge in [-0.2, -0.15) is 0 Å². The molecule has 0 unspecified atom stereocenters. The smallest absolute Gasteiger partial charge is 0.330 e. The largest absolute Gasteiger partial charge is 0.456 e. The number of carbonyl (C=O) groups is 1. The van der Waals surface area contributed by atoms with Crippen LogP contribution in [-0.4, -0.2) is 19.1 Å². The summed E-state index contributed by atoms with van der Waals surface area (Å²) in [4.78, 5) is 11.6. The van der Waals surface area contributed by atoms with Crippen molar-refractivity contribution in [3.63, 3.8) is 0 Å². The molecule has 0 spiro atoms. The average Bonchev–Trinajstić information content (AvgIpc) is 2.73. The van der Waals surface area contributed by atoms with Crippen molar-refractivity contribution in [1.29, 1.82) is 0 Å². The van der Waals surface area contributed by atoms with Crippen LogP contribution < -0.4 is 4.48 Å². The highest BCUT2D eigenvalue weighted by Crippen LogP contribution is 2.43. The van der Waals surface area contributed by atoms with Crippen LogP contribution in [0.5, 0.6) is 0 Å². The number of benzene rings is 3. The second-order valence-corrected chi connectivity index (χ2v) is 5.91. The van der Waals surface area contributed by atoms with Crippen LogP contribution in [0.4, 0.5) is 17.1 Å². The van der Waals surface area contributed by atoms with Crippen molar-refractivity contribution in [3.8, 4) is 0 Å². The Balaban J connectivity index is 2.14. The number of hydrogen-bond donors (Lipinski definition) is 0. The van der Waals surface area contributed by atoms with E-state index in [4.69, 9.17) is 4.74 Å². The van der Waals surface area contributed by atoms with Crippen molar-refractivity contribution in [2.75, 3.05) is 13.2 Å². The highest BCUT2D eigenvalue weighted by atomic mass is 16.5. The molecule has 130 valence electrons. The Hall–Kier alpha value is -3.17. The second-order valence-electron chi connectivity index (χ2n) is 5.91. The Bertz CT molecular complexity index is 748. The Morgan fingerprint density at radius 3 is 1.50 bits per heavy atom. The Kier molecular flexibility index (Phi) is 5.62. The fourth-order valence-corrected chi connectivity index (χ4v) is 3.22. The molecule has 0 saturated carbocycles. The Labute approximate surface area is 154 Å². The Morgan fingerprint density at radius 2 is 1.15 bits per heavy atom. The van der Waals surface area contributed by atoms with Crippen LogP contribution in [0, 0.1) is 0 Å². The van der Waals surface area contributed by atoms with Gasteiger partial charge >= 0.3 is 5.97 Å². The Morgan fingerprint density at radius 1 is 0.769 bits per heavy atom. The van der Waals surface area contributed by atoms with E-state index < -0.39 is 5.97 Å². The molecule has 0 fully saturated rings. The van der Waals surface area contributed by atoms with Crippen LogP contribution in [-0.2, 0) is 9.53 Å². The lowest BCUT2D eigenvalue weighted by Gasteiger charge is -2.37. The summed E-state index contributed by atoms with van der Waals surface area (Å²) in [5, 5.41) is 0. The summed E-state index contributed by atoms with van der Waals surface area (Å²) < 4.78 is 5.80. The normalized spacial score (nSPS) is 10.9. The summed E-state index contributed by atoms with van der Waals surface area (Å²) in [7, 11) is 0. The molecule has 0 aliphatic heterocycles. The molecule has 0 aliphatic carbocycles. The summed E-state index contributed by atoms with van der Waals surface area (Å²) in [6, 6.07) is 30.8. The van der Waals surface area contributed by atoms with E-state index in [2.05, 4.69) is 43.0 Å². The molecular weight excluding hydrogens is 322 g/mol. The van der Waals surface area contributed by atoms with Gasteiger partial charge in [-0.1, -0.05) is 61.2 Å². The highest BCUT2D eigenvalue weighted by molar-refractivity contribution is 5.81. The molecule has 0 atom stereocenters. The van der Waals surface area contributed by atoms with Crippen molar-refractivity contribution < 1.29 is 9.53 Å². The van der Waals surface area contributed by atoms with E-state index >= 15 is 0 Å². The first-order valence-corrected chi connectivity index (χ1v) is 8.61. The molecule has 0 radical (unpaired) electrons. The van der Waals surface area contributed by atoms with E-state index in [1.165, 1.54) is 6.08 Å². The molecular formula is C23H22NO2+. The van der Waals surface area contributed by atoms with Gasteiger partial charge in [0.15, 0.2) is 0 Å². The van der Waals surface area contributed by atoms with Crippen molar-refractivity contribution in [2.24, 2.45) is 0 Å². The van der Waals surface area contributed by atoms with E-state index in [1.807, 2.05) is 54.6 Å². The molecule has 0 saturated heterocycles. The maximum absolute atomic E-state index is 11.6. The van der Waals surface area contributed by atoms with Crippen LogP contribution >= 0.6 is 0 Å². The van der Waals surface area contributed by atoms with Crippen LogP contribution in [0.1, 0.15) is 0 Å². The quantitative estimate of drug-likeness (QED) is 0.326. The van der Waals surface area contributed by atoms with Gasteiger partial charge in [0.05, 0.1) is 0 Å². The zero-order valence-electron chi connectivity index (χ0n) is 14.6. The molecule has 0 heterocycles. The molecule has 3 nitrogen and oxygen atoms in total. The molecule has 26 heavy (non-hydrogen) atoms. The van der Waals surface area contributed by atoms with Crippen molar-refractivity contribution >= 4 is 23.0 Å². The van der Waals surface area contributed by atoms with Crippen molar-refractivity contribution in [1.82, 2.24) is 4.48 Å². The summed E-state index contributed by atoms with van der Waals surface area (Å²) in [6.45, 7) is 4.33. The lowest BCUT2D eigenvalue weighted by atomic mass is 10.1. The van der Waals surface area contributed by atoms with E-state index in [9.17, 15) is 4.79 Å². The lowest BCUT2D eigenvalue weighted by molar-refractivity contribution is -0.137. The van der Waals surface area contributed by atoms with Gasteiger partial charge in [-0.25, -0.2) is 9.28 Å². The van der Waals surface area contributed by atoms with Gasteiger partial charge in [-0.3, -0.25) is 0 Å². The van der Waals surface area contributed by atoms with E-state index in [0.717, 1.165) is 17.1 Å². The summed E-state index contributed by atoms with van der Waals surface area (Å²) >= 11 is 0. The number of quaternary nitrogens is 1. The van der Waals surface area contributed by atoms with E-state index in [1.54, 1.807) is 0 Å². The summed E-state index contributed by atoms with van der Waals surface area (Å²) in [5.41, 5.74) is 3.33. The summed E-state index contributed by atoms with van der Waals surface area (Å²) in [5.74, 6) is -0.405. The van der Waals surface area contributed by atoms with Crippen LogP contribution in [0.15, 0.2) is 104 Å². The number of para-hydroxylation sites is 3. The SMILES string of the molecule is C=CC(=O)OCC[N+](c1ccccc1)(c1ccccc1)c1ccccc1. The third-order valence-corrected chi connectivity index (χ3v) is 4.43. The number of rotatable bonds is 7. The second kappa shape index (κ2) is 8.28. The molecule has 0 amide bonds. The molecule has 0 aliphatic rings. The predicted molar refractivity (Wildman–Crippen MR) is 106 cm³/mol. The van der Waals surface area contributed by atoms with Crippen LogP contribution in [0.25, 0.3) is 0 Å². The molecule has 3 heteroatoms. The number of ether oxygens (including phenoxy) is 1. The van der Waals surface area contributed by atoms with Gasteiger partial charge in [0.1, 0.15) is 30.2 Å². The number of esters is 1. The maximum Gasteiger partial charge on any atom is 0.330 e. The monoisotopic (exact) mass is 344 g/mol. The average molecular weight is 344 g/mol.